The summed E-state index contributed by atoms with van der Waals surface area (Å²) in [6.45, 7) is 3.62. The fraction of sp³-hybridized carbons (Fsp3) is 0.167. The molecule has 2 aromatic rings. The predicted octanol–water partition coefficient (Wildman–Crippen LogP) is 1.45. The van der Waals surface area contributed by atoms with Gasteiger partial charge in [-0.2, -0.15) is 0 Å². The number of nitrogens with zero attached hydrogens (tertiary/aromatic N) is 3. The van der Waals surface area contributed by atoms with Crippen molar-refractivity contribution >= 4 is 11.9 Å². The van der Waals surface area contributed by atoms with E-state index >= 15 is 0 Å². The third kappa shape index (κ3) is 2.60. The molecule has 6 nitrogen and oxygen atoms in total. The molecule has 1 amide bonds. The second-order valence-electron chi connectivity index (χ2n) is 3.80. The number of carbonyl (C=O) groups is 1. The van der Waals surface area contributed by atoms with Gasteiger partial charge in [-0.25, -0.2) is 15.0 Å². The summed E-state index contributed by atoms with van der Waals surface area (Å²) in [5, 5.41) is 12.0. The molecule has 0 fully saturated rings. The van der Waals surface area contributed by atoms with Crippen molar-refractivity contribution in [1.82, 2.24) is 15.0 Å². The van der Waals surface area contributed by atoms with Crippen molar-refractivity contribution in [3.8, 4) is 5.75 Å². The van der Waals surface area contributed by atoms with Gasteiger partial charge in [-0.3, -0.25) is 10.1 Å². The lowest BCUT2D eigenvalue weighted by atomic mass is 10.3. The van der Waals surface area contributed by atoms with Crippen LogP contribution in [0.4, 0.5) is 5.95 Å². The zero-order chi connectivity index (χ0) is 13.1. The smallest absolute Gasteiger partial charge is 0.280 e. The van der Waals surface area contributed by atoms with Gasteiger partial charge in [-0.1, -0.05) is 0 Å². The van der Waals surface area contributed by atoms with E-state index in [0.717, 1.165) is 11.4 Å². The normalized spacial score (nSPS) is 10.1. The standard InChI is InChI=1S/C12H12N4O2/c1-7-6-8(2)15-12(14-7)16-11(18)10-9(17)4-3-5-13-10/h3-6,17H,1-2H3,(H,14,15,16,18). The second-order valence-corrected chi connectivity index (χ2v) is 3.80. The molecule has 92 valence electrons. The van der Waals surface area contributed by atoms with Crippen LogP contribution in [0.5, 0.6) is 5.75 Å². The quantitative estimate of drug-likeness (QED) is 0.834. The van der Waals surface area contributed by atoms with E-state index in [0.29, 0.717) is 0 Å². The molecule has 0 aliphatic heterocycles. The van der Waals surface area contributed by atoms with E-state index in [2.05, 4.69) is 20.3 Å². The van der Waals surface area contributed by atoms with Gasteiger partial charge in [0.05, 0.1) is 0 Å². The van der Waals surface area contributed by atoms with E-state index in [1.807, 2.05) is 13.8 Å². The molecular weight excluding hydrogens is 232 g/mol. The number of hydrogen-bond donors (Lipinski definition) is 2. The van der Waals surface area contributed by atoms with Crippen molar-refractivity contribution in [3.05, 3.63) is 41.5 Å². The van der Waals surface area contributed by atoms with Gasteiger partial charge in [-0.05, 0) is 32.0 Å². The van der Waals surface area contributed by atoms with Crippen LogP contribution in [0.2, 0.25) is 0 Å². The Bertz CT molecular complexity index is 578. The number of nitrogens with one attached hydrogen (secondary N) is 1. The molecule has 6 heteroatoms. The fourth-order valence-electron chi connectivity index (χ4n) is 1.51. The van der Waals surface area contributed by atoms with Crippen LogP contribution in [-0.4, -0.2) is 26.0 Å². The summed E-state index contributed by atoms with van der Waals surface area (Å²) in [7, 11) is 0. The average Bonchev–Trinajstić information content (AvgIpc) is 2.27. The topological polar surface area (TPSA) is 88.0 Å². The Morgan fingerprint density at radius 3 is 2.56 bits per heavy atom. The lowest BCUT2D eigenvalue weighted by molar-refractivity contribution is 0.101. The monoisotopic (exact) mass is 244 g/mol. The summed E-state index contributed by atoms with van der Waals surface area (Å²) < 4.78 is 0. The number of anilines is 1. The lowest BCUT2D eigenvalue weighted by Gasteiger charge is -2.05. The molecular formula is C12H12N4O2. The SMILES string of the molecule is Cc1cc(C)nc(NC(=O)c2ncccc2O)n1. The van der Waals surface area contributed by atoms with E-state index in [4.69, 9.17) is 0 Å². The lowest BCUT2D eigenvalue weighted by Crippen LogP contribution is -2.16. The summed E-state index contributed by atoms with van der Waals surface area (Å²) >= 11 is 0. The molecule has 0 aliphatic carbocycles. The highest BCUT2D eigenvalue weighted by molar-refractivity contribution is 6.03. The number of carbonyl (C=O) groups excluding carboxylic acids is 1. The maximum Gasteiger partial charge on any atom is 0.280 e. The number of hydrogen-bond acceptors (Lipinski definition) is 5. The summed E-state index contributed by atoms with van der Waals surface area (Å²) in [6.07, 6.45) is 1.43. The third-order valence-electron chi connectivity index (χ3n) is 2.21. The maximum atomic E-state index is 11.8. The molecule has 2 heterocycles. The molecule has 0 aromatic carbocycles. The molecule has 0 bridgehead atoms. The van der Waals surface area contributed by atoms with Gasteiger partial charge in [0.25, 0.3) is 5.91 Å². The minimum absolute atomic E-state index is 0.0553. The minimum Gasteiger partial charge on any atom is -0.505 e. The van der Waals surface area contributed by atoms with Crippen molar-refractivity contribution in [2.75, 3.05) is 5.32 Å². The Kier molecular flexibility index (Phi) is 3.18. The molecule has 0 saturated heterocycles. The number of rotatable bonds is 2. The van der Waals surface area contributed by atoms with E-state index < -0.39 is 5.91 Å². The highest BCUT2D eigenvalue weighted by Gasteiger charge is 2.13. The van der Waals surface area contributed by atoms with Crippen molar-refractivity contribution in [1.29, 1.82) is 0 Å². The van der Waals surface area contributed by atoms with E-state index in [9.17, 15) is 9.90 Å². The first-order valence-electron chi connectivity index (χ1n) is 5.34. The van der Waals surface area contributed by atoms with E-state index in [1.165, 1.54) is 12.3 Å². The largest absolute Gasteiger partial charge is 0.505 e. The number of aromatic hydroxyl groups is 1. The minimum atomic E-state index is -0.543. The zero-order valence-electron chi connectivity index (χ0n) is 10.0. The second kappa shape index (κ2) is 4.79. The molecule has 0 radical (unpaired) electrons. The van der Waals surface area contributed by atoms with Crippen LogP contribution in [0.15, 0.2) is 24.4 Å². The van der Waals surface area contributed by atoms with Crippen molar-refractivity contribution < 1.29 is 9.90 Å². The van der Waals surface area contributed by atoms with Gasteiger partial charge >= 0.3 is 0 Å². The Labute approximate surface area is 104 Å². The van der Waals surface area contributed by atoms with Gasteiger partial charge in [-0.15, -0.1) is 0 Å². The molecule has 0 saturated carbocycles. The third-order valence-corrected chi connectivity index (χ3v) is 2.21. The Balaban J connectivity index is 2.24. The van der Waals surface area contributed by atoms with Crippen LogP contribution in [0.25, 0.3) is 0 Å². The molecule has 2 N–H and O–H groups in total. The molecule has 0 unspecified atom stereocenters. The molecule has 0 aliphatic rings. The zero-order valence-corrected chi connectivity index (χ0v) is 10.0. The van der Waals surface area contributed by atoms with Crippen LogP contribution >= 0.6 is 0 Å². The molecule has 2 rings (SSSR count). The molecule has 18 heavy (non-hydrogen) atoms. The fourth-order valence-corrected chi connectivity index (χ4v) is 1.51. The summed E-state index contributed by atoms with van der Waals surface area (Å²) in [5.41, 5.74) is 1.45. The maximum absolute atomic E-state index is 11.8. The predicted molar refractivity (Wildman–Crippen MR) is 65.4 cm³/mol. The highest BCUT2D eigenvalue weighted by atomic mass is 16.3. The first kappa shape index (κ1) is 12.0. The van der Waals surface area contributed by atoms with Crippen LogP contribution < -0.4 is 5.32 Å². The highest BCUT2D eigenvalue weighted by Crippen LogP contribution is 2.14. The van der Waals surface area contributed by atoms with Crippen LogP contribution in [0.3, 0.4) is 0 Å². The van der Waals surface area contributed by atoms with E-state index in [1.54, 1.807) is 12.1 Å². The van der Waals surface area contributed by atoms with Gasteiger partial charge in [0.15, 0.2) is 5.69 Å². The van der Waals surface area contributed by atoms with Crippen molar-refractivity contribution in [2.24, 2.45) is 0 Å². The van der Waals surface area contributed by atoms with Gasteiger partial charge in [0.2, 0.25) is 5.95 Å². The van der Waals surface area contributed by atoms with Gasteiger partial charge < -0.3 is 5.11 Å². The summed E-state index contributed by atoms with van der Waals surface area (Å²) in [6, 6.07) is 4.73. The number of aromatic nitrogens is 3. The Morgan fingerprint density at radius 2 is 1.94 bits per heavy atom. The first-order chi connectivity index (χ1) is 8.56. The van der Waals surface area contributed by atoms with Crippen LogP contribution in [-0.2, 0) is 0 Å². The van der Waals surface area contributed by atoms with Crippen LogP contribution in [0, 0.1) is 13.8 Å². The van der Waals surface area contributed by atoms with Gasteiger partial charge in [0.1, 0.15) is 5.75 Å². The molecule has 2 aromatic heterocycles. The molecule has 0 spiro atoms. The van der Waals surface area contributed by atoms with Crippen molar-refractivity contribution in [2.45, 2.75) is 13.8 Å². The summed E-state index contributed by atoms with van der Waals surface area (Å²) in [4.78, 5) is 23.8. The first-order valence-corrected chi connectivity index (χ1v) is 5.34. The van der Waals surface area contributed by atoms with Gasteiger partial charge in [0, 0.05) is 17.6 Å². The van der Waals surface area contributed by atoms with Crippen molar-refractivity contribution in [3.63, 3.8) is 0 Å². The van der Waals surface area contributed by atoms with E-state index in [-0.39, 0.29) is 17.4 Å². The number of pyridine rings is 1. The number of amides is 1. The molecule has 0 atom stereocenters. The Hall–Kier alpha value is -2.50. The number of aryl methyl sites for hydroxylation is 2. The summed E-state index contributed by atoms with van der Waals surface area (Å²) in [5.74, 6) is -0.528. The Morgan fingerprint density at radius 1 is 1.28 bits per heavy atom. The average molecular weight is 244 g/mol. The van der Waals surface area contributed by atoms with Crippen LogP contribution in [0.1, 0.15) is 21.9 Å².